The molecule has 30 heavy (non-hydrogen) atoms. The summed E-state index contributed by atoms with van der Waals surface area (Å²) in [6.07, 6.45) is -4.19. The zero-order valence-electron chi connectivity index (χ0n) is 17.5. The van der Waals surface area contributed by atoms with Crippen molar-refractivity contribution in [2.45, 2.75) is 33.0 Å². The van der Waals surface area contributed by atoms with E-state index < -0.39 is 23.0 Å². The molecule has 0 fully saturated rings. The van der Waals surface area contributed by atoms with Crippen molar-refractivity contribution >= 4 is 27.2 Å². The van der Waals surface area contributed by atoms with Gasteiger partial charge in [-0.3, -0.25) is 13.9 Å². The summed E-state index contributed by atoms with van der Waals surface area (Å²) in [6, 6.07) is 5.19. The fraction of sp³-hybridized carbons (Fsp3) is 0.429. The highest BCUT2D eigenvalue weighted by Gasteiger charge is 2.30. The Morgan fingerprint density at radius 2 is 1.83 bits per heavy atom. The lowest BCUT2D eigenvalue weighted by Gasteiger charge is -2.16. The van der Waals surface area contributed by atoms with E-state index in [2.05, 4.69) is 0 Å². The highest BCUT2D eigenvalue weighted by atomic mass is 32.1. The number of alkyl halides is 3. The molecular formula is C21H24F3N3O2S. The first-order valence-corrected chi connectivity index (χ1v) is 10.3. The average molecular weight is 440 g/mol. The number of rotatable bonds is 5. The molecule has 0 spiro atoms. The van der Waals surface area contributed by atoms with Gasteiger partial charge in [0.2, 0.25) is 0 Å². The summed E-state index contributed by atoms with van der Waals surface area (Å²) in [5.41, 5.74) is -0.358. The van der Waals surface area contributed by atoms with Crippen LogP contribution in [0.25, 0.3) is 10.2 Å². The molecule has 0 unspecified atom stereocenters. The Hall–Kier alpha value is -2.55. The number of nitrogens with zero attached hydrogens (tertiary/aromatic N) is 3. The van der Waals surface area contributed by atoms with Crippen LogP contribution >= 0.6 is 11.3 Å². The Morgan fingerprint density at radius 1 is 1.17 bits per heavy atom. The Morgan fingerprint density at radius 3 is 2.40 bits per heavy atom. The SMILES string of the molecule is CC(C)Cn1c(=O)n(C)c(=O)c2c(N(C)C)c(Cc3cccc(C(F)(F)F)c3)sc21. The second kappa shape index (κ2) is 7.94. The van der Waals surface area contributed by atoms with E-state index in [1.807, 2.05) is 13.8 Å². The summed E-state index contributed by atoms with van der Waals surface area (Å²) in [5, 5.41) is 0.426. The molecule has 162 valence electrons. The van der Waals surface area contributed by atoms with Gasteiger partial charge in [-0.05, 0) is 17.5 Å². The van der Waals surface area contributed by atoms with Gasteiger partial charge in [-0.1, -0.05) is 32.0 Å². The van der Waals surface area contributed by atoms with Crippen LogP contribution in [0.15, 0.2) is 33.9 Å². The van der Waals surface area contributed by atoms with Crippen molar-refractivity contribution in [2.75, 3.05) is 19.0 Å². The second-order valence-corrected chi connectivity index (χ2v) is 9.06. The summed E-state index contributed by atoms with van der Waals surface area (Å²) < 4.78 is 42.0. The quantitative estimate of drug-likeness (QED) is 0.602. The van der Waals surface area contributed by atoms with E-state index in [1.165, 1.54) is 24.5 Å². The lowest BCUT2D eigenvalue weighted by Crippen LogP contribution is -2.38. The first kappa shape index (κ1) is 22.1. The fourth-order valence-corrected chi connectivity index (χ4v) is 4.93. The third kappa shape index (κ3) is 4.03. The van der Waals surface area contributed by atoms with Crippen LogP contribution in [0.1, 0.15) is 29.9 Å². The first-order chi connectivity index (χ1) is 13.9. The molecule has 9 heteroatoms. The predicted octanol–water partition coefficient (Wildman–Crippen LogP) is 4.09. The van der Waals surface area contributed by atoms with Crippen LogP contribution in [-0.2, 0) is 26.2 Å². The van der Waals surface area contributed by atoms with Crippen molar-refractivity contribution in [3.63, 3.8) is 0 Å². The highest BCUT2D eigenvalue weighted by molar-refractivity contribution is 7.19. The van der Waals surface area contributed by atoms with Gasteiger partial charge in [-0.2, -0.15) is 13.2 Å². The van der Waals surface area contributed by atoms with Gasteiger partial charge in [0.15, 0.2) is 0 Å². The molecule has 0 saturated heterocycles. The molecule has 3 aromatic rings. The van der Waals surface area contributed by atoms with Gasteiger partial charge in [-0.25, -0.2) is 4.79 Å². The van der Waals surface area contributed by atoms with E-state index in [0.717, 1.165) is 21.6 Å². The van der Waals surface area contributed by atoms with Crippen LogP contribution < -0.4 is 16.1 Å². The summed E-state index contributed by atoms with van der Waals surface area (Å²) in [4.78, 5) is 28.8. The molecule has 3 rings (SSSR count). The molecule has 0 aliphatic heterocycles. The van der Waals surface area contributed by atoms with Gasteiger partial charge >= 0.3 is 11.9 Å². The summed E-state index contributed by atoms with van der Waals surface area (Å²) >= 11 is 1.29. The molecule has 0 N–H and O–H groups in total. The van der Waals surface area contributed by atoms with E-state index in [0.29, 0.717) is 28.0 Å². The van der Waals surface area contributed by atoms with Crippen LogP contribution in [0.2, 0.25) is 0 Å². The molecule has 5 nitrogen and oxygen atoms in total. The maximum atomic E-state index is 13.1. The molecule has 0 aliphatic rings. The topological polar surface area (TPSA) is 47.2 Å². The van der Waals surface area contributed by atoms with Crippen molar-refractivity contribution in [1.82, 2.24) is 9.13 Å². The number of halogens is 3. The molecule has 0 aliphatic carbocycles. The summed E-state index contributed by atoms with van der Waals surface area (Å²) in [6.45, 7) is 4.40. The fourth-order valence-electron chi connectivity index (χ4n) is 3.52. The summed E-state index contributed by atoms with van der Waals surface area (Å²) in [7, 11) is 5.02. The maximum absolute atomic E-state index is 13.1. The first-order valence-electron chi connectivity index (χ1n) is 9.50. The zero-order chi connectivity index (χ0) is 22.4. The van der Waals surface area contributed by atoms with Gasteiger partial charge < -0.3 is 4.90 Å². The molecule has 2 heterocycles. The molecule has 0 bridgehead atoms. The Balaban J connectivity index is 2.26. The maximum Gasteiger partial charge on any atom is 0.416 e. The van der Waals surface area contributed by atoms with Crippen molar-refractivity contribution in [1.29, 1.82) is 0 Å². The number of aromatic nitrogens is 2. The predicted molar refractivity (Wildman–Crippen MR) is 115 cm³/mol. The molecule has 0 radical (unpaired) electrons. The third-order valence-electron chi connectivity index (χ3n) is 4.83. The zero-order valence-corrected chi connectivity index (χ0v) is 18.3. The smallest absolute Gasteiger partial charge is 0.376 e. The highest BCUT2D eigenvalue weighted by Crippen LogP contribution is 2.37. The lowest BCUT2D eigenvalue weighted by atomic mass is 10.1. The van der Waals surface area contributed by atoms with Crippen LogP contribution in [0, 0.1) is 5.92 Å². The second-order valence-electron chi connectivity index (χ2n) is 7.97. The van der Waals surface area contributed by atoms with E-state index in [9.17, 15) is 22.8 Å². The van der Waals surface area contributed by atoms with E-state index in [4.69, 9.17) is 0 Å². The average Bonchev–Trinajstić information content (AvgIpc) is 3.02. The molecule has 0 atom stereocenters. The minimum atomic E-state index is -4.42. The monoisotopic (exact) mass is 439 g/mol. The lowest BCUT2D eigenvalue weighted by molar-refractivity contribution is -0.137. The minimum Gasteiger partial charge on any atom is -0.376 e. The summed E-state index contributed by atoms with van der Waals surface area (Å²) in [5.74, 6) is 0.181. The molecule has 1 aromatic carbocycles. The Labute approximate surface area is 176 Å². The number of fused-ring (bicyclic) bond motifs is 1. The van der Waals surface area contributed by atoms with Crippen LogP contribution in [0.5, 0.6) is 0 Å². The normalized spacial score (nSPS) is 12.2. The van der Waals surface area contributed by atoms with Crippen molar-refractivity contribution in [3.8, 4) is 0 Å². The number of benzene rings is 1. The van der Waals surface area contributed by atoms with Crippen molar-refractivity contribution < 1.29 is 13.2 Å². The van der Waals surface area contributed by atoms with E-state index in [1.54, 1.807) is 29.6 Å². The van der Waals surface area contributed by atoms with Crippen LogP contribution in [-0.4, -0.2) is 23.2 Å². The largest absolute Gasteiger partial charge is 0.416 e. The van der Waals surface area contributed by atoms with Crippen LogP contribution in [0.4, 0.5) is 18.9 Å². The van der Waals surface area contributed by atoms with Crippen molar-refractivity contribution in [2.24, 2.45) is 13.0 Å². The van der Waals surface area contributed by atoms with Gasteiger partial charge in [0.25, 0.3) is 5.56 Å². The van der Waals surface area contributed by atoms with E-state index >= 15 is 0 Å². The molecule has 0 amide bonds. The van der Waals surface area contributed by atoms with Gasteiger partial charge in [0, 0.05) is 39.0 Å². The van der Waals surface area contributed by atoms with Gasteiger partial charge in [-0.15, -0.1) is 11.3 Å². The molecule has 2 aromatic heterocycles. The molecule has 0 saturated carbocycles. The van der Waals surface area contributed by atoms with Crippen molar-refractivity contribution in [3.05, 3.63) is 61.1 Å². The standard InChI is InChI=1S/C21H24F3N3O2S/c1-12(2)11-27-19-16(18(28)26(5)20(27)29)17(25(3)4)15(30-19)10-13-7-6-8-14(9-13)21(22,23)24/h6-9,12H,10-11H2,1-5H3. The van der Waals surface area contributed by atoms with E-state index in [-0.39, 0.29) is 12.3 Å². The number of hydrogen-bond donors (Lipinski definition) is 0. The molecular weight excluding hydrogens is 415 g/mol. The Bertz CT molecular complexity index is 1200. The Kier molecular flexibility index (Phi) is 5.86. The van der Waals surface area contributed by atoms with Crippen LogP contribution in [0.3, 0.4) is 0 Å². The van der Waals surface area contributed by atoms with Gasteiger partial charge in [0.05, 0.1) is 16.6 Å². The number of anilines is 1. The number of thiophene rings is 1. The minimum absolute atomic E-state index is 0.181. The third-order valence-corrected chi connectivity index (χ3v) is 6.03. The van der Waals surface area contributed by atoms with Gasteiger partial charge in [0.1, 0.15) is 4.83 Å². The number of hydrogen-bond acceptors (Lipinski definition) is 4.